The van der Waals surface area contributed by atoms with Crippen LogP contribution in [0.4, 0.5) is 0 Å². The Bertz CT molecular complexity index is 424. The monoisotopic (exact) mass is 302 g/mol. The summed E-state index contributed by atoms with van der Waals surface area (Å²) in [5.41, 5.74) is 0. The van der Waals surface area contributed by atoms with Crippen LogP contribution in [0.25, 0.3) is 0 Å². The molecule has 0 amide bonds. The summed E-state index contributed by atoms with van der Waals surface area (Å²) in [5, 5.41) is 3.65. The van der Waals surface area contributed by atoms with Crippen molar-refractivity contribution < 1.29 is 8.42 Å². The molecule has 5 heteroatoms. The largest absolute Gasteiger partial charge is 0.311 e. The molecule has 1 aliphatic heterocycles. The Kier molecular flexibility index (Phi) is 4.82. The van der Waals surface area contributed by atoms with Gasteiger partial charge in [0.15, 0.2) is 9.84 Å². The minimum Gasteiger partial charge on any atom is -0.311 e. The summed E-state index contributed by atoms with van der Waals surface area (Å²) in [5.74, 6) is 1.11. The highest BCUT2D eigenvalue weighted by Crippen LogP contribution is 2.34. The Balaban J connectivity index is 1.94. The van der Waals surface area contributed by atoms with Crippen molar-refractivity contribution in [2.45, 2.75) is 63.8 Å². The highest BCUT2D eigenvalue weighted by atomic mass is 32.2. The number of hydrogen-bond acceptors (Lipinski definition) is 4. The first-order chi connectivity index (χ1) is 9.24. The fourth-order valence-corrected chi connectivity index (χ4v) is 4.00. The van der Waals surface area contributed by atoms with Gasteiger partial charge in [-0.05, 0) is 46.0 Å². The molecule has 0 spiro atoms. The fourth-order valence-electron chi connectivity index (χ4n) is 2.92. The van der Waals surface area contributed by atoms with Crippen molar-refractivity contribution in [2.75, 3.05) is 25.4 Å². The van der Waals surface area contributed by atoms with Crippen molar-refractivity contribution in [3.8, 4) is 0 Å². The minimum atomic E-state index is -3.01. The van der Waals surface area contributed by atoms with Crippen LogP contribution in [0.3, 0.4) is 0 Å². The Morgan fingerprint density at radius 3 is 2.40 bits per heavy atom. The van der Waals surface area contributed by atoms with E-state index in [9.17, 15) is 8.42 Å². The van der Waals surface area contributed by atoms with Crippen molar-refractivity contribution in [3.05, 3.63) is 0 Å². The smallest absolute Gasteiger partial charge is 0.156 e. The summed E-state index contributed by atoms with van der Waals surface area (Å²) in [6.07, 6.45) is 3.76. The second kappa shape index (κ2) is 5.93. The third-order valence-electron chi connectivity index (χ3n) is 4.81. The van der Waals surface area contributed by atoms with Gasteiger partial charge in [-0.15, -0.1) is 0 Å². The Labute approximate surface area is 124 Å². The first kappa shape index (κ1) is 16.2. The van der Waals surface area contributed by atoms with Crippen LogP contribution >= 0.6 is 0 Å². The van der Waals surface area contributed by atoms with Gasteiger partial charge in [-0.25, -0.2) is 8.42 Å². The lowest BCUT2D eigenvalue weighted by atomic mass is 10.0. The molecule has 118 valence electrons. The van der Waals surface area contributed by atoms with E-state index in [0.717, 1.165) is 25.4 Å². The van der Waals surface area contributed by atoms with E-state index in [-0.39, 0.29) is 5.75 Å². The average Bonchev–Trinajstić information content (AvgIpc) is 3.19. The lowest BCUT2D eigenvalue weighted by molar-refractivity contribution is 0.126. The van der Waals surface area contributed by atoms with Gasteiger partial charge < -0.3 is 5.32 Å². The summed E-state index contributed by atoms with van der Waals surface area (Å²) in [6, 6.07) is 1.07. The second-order valence-electron chi connectivity index (χ2n) is 7.34. The summed E-state index contributed by atoms with van der Waals surface area (Å²) in [7, 11) is -3.01. The Morgan fingerprint density at radius 1 is 1.25 bits per heavy atom. The van der Waals surface area contributed by atoms with Gasteiger partial charge in [-0.1, -0.05) is 6.92 Å². The van der Waals surface area contributed by atoms with Gasteiger partial charge in [-0.2, -0.15) is 0 Å². The van der Waals surface area contributed by atoms with Crippen LogP contribution in [0.1, 0.15) is 47.0 Å². The van der Waals surface area contributed by atoms with Crippen molar-refractivity contribution in [1.82, 2.24) is 10.2 Å². The highest BCUT2D eigenvalue weighted by Gasteiger charge is 2.37. The summed E-state index contributed by atoms with van der Waals surface area (Å²) >= 11 is 0. The molecule has 4 nitrogen and oxygen atoms in total. The molecule has 0 bridgehead atoms. The van der Waals surface area contributed by atoms with Gasteiger partial charge in [0.1, 0.15) is 0 Å². The maximum absolute atomic E-state index is 12.3. The lowest BCUT2D eigenvalue weighted by Gasteiger charge is -2.40. The SMILES string of the molecule is CCC1CNC(C2CC2)CN1CCS(=O)(=O)C(C)(C)C. The number of piperazine rings is 1. The van der Waals surface area contributed by atoms with Gasteiger partial charge in [0.25, 0.3) is 0 Å². The zero-order valence-electron chi connectivity index (χ0n) is 13.4. The molecule has 2 unspecified atom stereocenters. The zero-order valence-corrected chi connectivity index (χ0v) is 14.2. The standard InChI is InChI=1S/C15H30N2O2S/c1-5-13-10-16-14(12-6-7-12)11-17(13)8-9-20(18,19)15(2,3)4/h12-14,16H,5-11H2,1-4H3. The molecule has 2 aliphatic rings. The number of nitrogens with zero attached hydrogens (tertiary/aromatic N) is 1. The molecule has 0 aromatic rings. The molecule has 2 rings (SSSR count). The van der Waals surface area contributed by atoms with Crippen LogP contribution in [0.5, 0.6) is 0 Å². The number of nitrogens with one attached hydrogen (secondary N) is 1. The maximum Gasteiger partial charge on any atom is 0.156 e. The van der Waals surface area contributed by atoms with Crippen LogP contribution < -0.4 is 5.32 Å². The van der Waals surface area contributed by atoms with E-state index in [1.54, 1.807) is 20.8 Å². The van der Waals surface area contributed by atoms with E-state index in [4.69, 9.17) is 0 Å². The minimum absolute atomic E-state index is 0.282. The van der Waals surface area contributed by atoms with Crippen molar-refractivity contribution in [1.29, 1.82) is 0 Å². The normalized spacial score (nSPS) is 29.6. The van der Waals surface area contributed by atoms with Gasteiger partial charge in [0, 0.05) is 31.7 Å². The zero-order chi connectivity index (χ0) is 15.0. The molecule has 0 aromatic carbocycles. The molecule has 1 aliphatic carbocycles. The quantitative estimate of drug-likeness (QED) is 0.839. The van der Waals surface area contributed by atoms with Crippen molar-refractivity contribution in [2.24, 2.45) is 5.92 Å². The third-order valence-corrected chi connectivity index (χ3v) is 7.39. The van der Waals surface area contributed by atoms with E-state index in [2.05, 4.69) is 17.1 Å². The number of sulfone groups is 1. The van der Waals surface area contributed by atoms with Crippen LogP contribution in [0.2, 0.25) is 0 Å². The fraction of sp³-hybridized carbons (Fsp3) is 1.00. The van der Waals surface area contributed by atoms with Gasteiger partial charge in [0.2, 0.25) is 0 Å². The molecule has 1 N–H and O–H groups in total. The number of hydrogen-bond donors (Lipinski definition) is 1. The van der Waals surface area contributed by atoms with Crippen LogP contribution in [-0.2, 0) is 9.84 Å². The van der Waals surface area contributed by atoms with Crippen LogP contribution in [0.15, 0.2) is 0 Å². The topological polar surface area (TPSA) is 49.4 Å². The van der Waals surface area contributed by atoms with Gasteiger partial charge in [0.05, 0.1) is 10.5 Å². The van der Waals surface area contributed by atoms with E-state index >= 15 is 0 Å². The molecule has 20 heavy (non-hydrogen) atoms. The van der Waals surface area contributed by atoms with E-state index in [0.29, 0.717) is 18.6 Å². The lowest BCUT2D eigenvalue weighted by Crippen LogP contribution is -2.58. The maximum atomic E-state index is 12.3. The van der Waals surface area contributed by atoms with Gasteiger partial charge >= 0.3 is 0 Å². The summed E-state index contributed by atoms with van der Waals surface area (Å²) in [6.45, 7) is 10.3. The van der Waals surface area contributed by atoms with Crippen molar-refractivity contribution >= 4 is 9.84 Å². The summed E-state index contributed by atoms with van der Waals surface area (Å²) in [4.78, 5) is 2.41. The molecule has 2 fully saturated rings. The number of rotatable bonds is 5. The highest BCUT2D eigenvalue weighted by molar-refractivity contribution is 7.92. The third kappa shape index (κ3) is 3.74. The molecule has 1 saturated carbocycles. The van der Waals surface area contributed by atoms with Gasteiger partial charge in [-0.3, -0.25) is 4.90 Å². The molecular weight excluding hydrogens is 272 g/mol. The first-order valence-electron chi connectivity index (χ1n) is 7.94. The van der Waals surface area contributed by atoms with E-state index < -0.39 is 14.6 Å². The predicted molar refractivity (Wildman–Crippen MR) is 83.7 cm³/mol. The molecule has 0 radical (unpaired) electrons. The Morgan fingerprint density at radius 2 is 1.90 bits per heavy atom. The predicted octanol–water partition coefficient (Wildman–Crippen LogP) is 1.66. The van der Waals surface area contributed by atoms with E-state index in [1.165, 1.54) is 12.8 Å². The average molecular weight is 302 g/mol. The molecule has 2 atom stereocenters. The summed E-state index contributed by atoms with van der Waals surface area (Å²) < 4.78 is 23.9. The Hall–Kier alpha value is -0.130. The molecule has 1 heterocycles. The van der Waals surface area contributed by atoms with E-state index in [1.807, 2.05) is 0 Å². The first-order valence-corrected chi connectivity index (χ1v) is 9.59. The second-order valence-corrected chi connectivity index (χ2v) is 10.2. The molecule has 0 aromatic heterocycles. The molecular formula is C15H30N2O2S. The van der Waals surface area contributed by atoms with Crippen LogP contribution in [0, 0.1) is 5.92 Å². The molecule has 1 saturated heterocycles. The van der Waals surface area contributed by atoms with Crippen LogP contribution in [-0.4, -0.2) is 55.5 Å². The van der Waals surface area contributed by atoms with Crippen molar-refractivity contribution in [3.63, 3.8) is 0 Å².